The van der Waals surface area contributed by atoms with Crippen LogP contribution in [0.25, 0.3) is 0 Å². The van der Waals surface area contributed by atoms with Crippen molar-refractivity contribution in [1.82, 2.24) is 15.5 Å². The standard InChI is InChI=1S/C20H27N3O2/c1-14-21-18(25-23-14)20(12-6-5-7-13-20)22-17(24)15-8-10-16(11-9-15)19(2,3)4/h8-11H,5-7,12-13H2,1-4H3,(H,22,24). The Morgan fingerprint density at radius 1 is 1.12 bits per heavy atom. The topological polar surface area (TPSA) is 68.0 Å². The Kier molecular flexibility index (Phi) is 4.67. The highest BCUT2D eigenvalue weighted by Crippen LogP contribution is 2.36. The highest BCUT2D eigenvalue weighted by molar-refractivity contribution is 5.94. The summed E-state index contributed by atoms with van der Waals surface area (Å²) in [6.45, 7) is 8.29. The quantitative estimate of drug-likeness (QED) is 0.905. The van der Waals surface area contributed by atoms with Crippen molar-refractivity contribution in [3.05, 3.63) is 47.1 Å². The molecule has 5 heteroatoms. The minimum absolute atomic E-state index is 0.0703. The summed E-state index contributed by atoms with van der Waals surface area (Å²) in [7, 11) is 0. The number of aromatic nitrogens is 2. The SMILES string of the molecule is Cc1noc(C2(NC(=O)c3ccc(C(C)(C)C)cc3)CCCCC2)n1. The van der Waals surface area contributed by atoms with Crippen LogP contribution in [0.3, 0.4) is 0 Å². The van der Waals surface area contributed by atoms with Gasteiger partial charge in [-0.25, -0.2) is 0 Å². The molecule has 0 atom stereocenters. The van der Waals surface area contributed by atoms with Crippen molar-refractivity contribution in [2.24, 2.45) is 0 Å². The highest BCUT2D eigenvalue weighted by atomic mass is 16.5. The second-order valence-electron chi connectivity index (χ2n) is 8.07. The Morgan fingerprint density at radius 2 is 1.76 bits per heavy atom. The molecule has 1 aromatic heterocycles. The van der Waals surface area contributed by atoms with Crippen molar-refractivity contribution in [2.45, 2.75) is 70.8 Å². The average molecular weight is 341 g/mol. The molecule has 5 nitrogen and oxygen atoms in total. The zero-order valence-corrected chi connectivity index (χ0v) is 15.6. The maximum atomic E-state index is 12.9. The van der Waals surface area contributed by atoms with Gasteiger partial charge in [0.05, 0.1) is 0 Å². The third-order valence-corrected chi connectivity index (χ3v) is 5.01. The van der Waals surface area contributed by atoms with Gasteiger partial charge in [0.1, 0.15) is 5.54 Å². The fourth-order valence-corrected chi connectivity index (χ4v) is 3.45. The van der Waals surface area contributed by atoms with E-state index in [4.69, 9.17) is 4.52 Å². The first-order valence-electron chi connectivity index (χ1n) is 9.04. The monoisotopic (exact) mass is 341 g/mol. The van der Waals surface area contributed by atoms with E-state index in [0.29, 0.717) is 17.3 Å². The largest absolute Gasteiger partial charge is 0.338 e. The predicted molar refractivity (Wildman–Crippen MR) is 96.4 cm³/mol. The molecule has 1 heterocycles. The smallest absolute Gasteiger partial charge is 0.252 e. The second-order valence-corrected chi connectivity index (χ2v) is 8.07. The lowest BCUT2D eigenvalue weighted by atomic mass is 9.81. The molecule has 3 rings (SSSR count). The zero-order chi connectivity index (χ0) is 18.1. The molecule has 0 unspecified atom stereocenters. The van der Waals surface area contributed by atoms with Crippen LogP contribution in [-0.2, 0) is 11.0 Å². The van der Waals surface area contributed by atoms with Crippen molar-refractivity contribution in [2.75, 3.05) is 0 Å². The van der Waals surface area contributed by atoms with E-state index in [9.17, 15) is 4.79 Å². The summed E-state index contributed by atoms with van der Waals surface area (Å²) in [4.78, 5) is 17.3. The van der Waals surface area contributed by atoms with Crippen LogP contribution in [0.5, 0.6) is 0 Å². The molecule has 0 radical (unpaired) electrons. The van der Waals surface area contributed by atoms with Gasteiger partial charge in [0.15, 0.2) is 5.82 Å². The Balaban J connectivity index is 1.83. The molecule has 1 aliphatic carbocycles. The summed E-state index contributed by atoms with van der Waals surface area (Å²) in [6, 6.07) is 7.84. The number of benzene rings is 1. The first-order chi connectivity index (χ1) is 11.8. The predicted octanol–water partition coefficient (Wildman–Crippen LogP) is 4.26. The summed E-state index contributed by atoms with van der Waals surface area (Å²) < 4.78 is 5.43. The van der Waals surface area contributed by atoms with E-state index < -0.39 is 5.54 Å². The molecule has 1 saturated carbocycles. The number of hydrogen-bond acceptors (Lipinski definition) is 4. The lowest BCUT2D eigenvalue weighted by molar-refractivity contribution is 0.0824. The van der Waals surface area contributed by atoms with E-state index in [1.54, 1.807) is 6.92 Å². The molecule has 25 heavy (non-hydrogen) atoms. The van der Waals surface area contributed by atoms with Gasteiger partial charge >= 0.3 is 0 Å². The maximum Gasteiger partial charge on any atom is 0.252 e. The second kappa shape index (κ2) is 6.62. The van der Waals surface area contributed by atoms with Crippen LogP contribution in [-0.4, -0.2) is 16.0 Å². The van der Waals surface area contributed by atoms with E-state index in [1.165, 1.54) is 12.0 Å². The number of carbonyl (C=O) groups excluding carboxylic acids is 1. The lowest BCUT2D eigenvalue weighted by Gasteiger charge is -2.34. The lowest BCUT2D eigenvalue weighted by Crippen LogP contribution is -2.47. The van der Waals surface area contributed by atoms with Crippen molar-refractivity contribution < 1.29 is 9.32 Å². The number of nitrogens with zero attached hydrogens (tertiary/aromatic N) is 2. The average Bonchev–Trinajstić information content (AvgIpc) is 3.02. The molecule has 1 amide bonds. The molecule has 134 valence electrons. The first kappa shape index (κ1) is 17.6. The Morgan fingerprint density at radius 3 is 2.28 bits per heavy atom. The molecular weight excluding hydrogens is 314 g/mol. The minimum atomic E-state index is -0.542. The highest BCUT2D eigenvalue weighted by Gasteiger charge is 2.40. The first-order valence-corrected chi connectivity index (χ1v) is 9.04. The summed E-state index contributed by atoms with van der Waals surface area (Å²) in [5.41, 5.74) is 1.40. The molecule has 0 spiro atoms. The molecule has 1 N–H and O–H groups in total. The van der Waals surface area contributed by atoms with Gasteiger partial charge in [0.25, 0.3) is 11.8 Å². The van der Waals surface area contributed by atoms with Crippen LogP contribution in [0.2, 0.25) is 0 Å². The van der Waals surface area contributed by atoms with Crippen molar-refractivity contribution >= 4 is 5.91 Å². The molecule has 1 fully saturated rings. The van der Waals surface area contributed by atoms with Gasteiger partial charge < -0.3 is 9.84 Å². The summed E-state index contributed by atoms with van der Waals surface area (Å²) in [6.07, 6.45) is 4.93. The number of hydrogen-bond donors (Lipinski definition) is 1. The van der Waals surface area contributed by atoms with E-state index >= 15 is 0 Å². The molecule has 2 aromatic rings. The minimum Gasteiger partial charge on any atom is -0.338 e. The summed E-state index contributed by atoms with van der Waals surface area (Å²) in [5, 5.41) is 7.12. The van der Waals surface area contributed by atoms with E-state index in [2.05, 4.69) is 36.2 Å². The number of amides is 1. The third kappa shape index (κ3) is 3.75. The maximum absolute atomic E-state index is 12.9. The van der Waals surface area contributed by atoms with Crippen LogP contribution in [0.1, 0.15) is 80.5 Å². The third-order valence-electron chi connectivity index (χ3n) is 5.01. The van der Waals surface area contributed by atoms with E-state index in [0.717, 1.165) is 25.7 Å². The van der Waals surface area contributed by atoms with Gasteiger partial charge in [0, 0.05) is 5.56 Å². The number of aryl methyl sites for hydroxylation is 1. The Labute approximate surface area is 149 Å². The Bertz CT molecular complexity index is 735. The van der Waals surface area contributed by atoms with Crippen LogP contribution in [0, 0.1) is 6.92 Å². The molecule has 1 aromatic carbocycles. The summed E-state index contributed by atoms with van der Waals surface area (Å²) in [5.74, 6) is 1.05. The fraction of sp³-hybridized carbons (Fsp3) is 0.550. The van der Waals surface area contributed by atoms with E-state index in [-0.39, 0.29) is 11.3 Å². The van der Waals surface area contributed by atoms with Crippen molar-refractivity contribution in [3.8, 4) is 0 Å². The number of nitrogens with one attached hydrogen (secondary N) is 1. The zero-order valence-electron chi connectivity index (χ0n) is 15.6. The molecular formula is C20H27N3O2. The van der Waals surface area contributed by atoms with Crippen LogP contribution >= 0.6 is 0 Å². The molecule has 0 saturated heterocycles. The molecule has 0 aliphatic heterocycles. The Hall–Kier alpha value is -2.17. The van der Waals surface area contributed by atoms with Gasteiger partial charge in [-0.05, 0) is 42.9 Å². The van der Waals surface area contributed by atoms with Crippen LogP contribution in [0.4, 0.5) is 0 Å². The number of carbonyl (C=O) groups is 1. The van der Waals surface area contributed by atoms with Crippen LogP contribution in [0.15, 0.2) is 28.8 Å². The molecule has 0 bridgehead atoms. The summed E-state index contributed by atoms with van der Waals surface area (Å²) >= 11 is 0. The van der Waals surface area contributed by atoms with E-state index in [1.807, 2.05) is 24.3 Å². The van der Waals surface area contributed by atoms with Crippen molar-refractivity contribution in [3.63, 3.8) is 0 Å². The van der Waals surface area contributed by atoms with Crippen LogP contribution < -0.4 is 5.32 Å². The molecule has 1 aliphatic rings. The van der Waals surface area contributed by atoms with Gasteiger partial charge in [-0.2, -0.15) is 4.98 Å². The van der Waals surface area contributed by atoms with Gasteiger partial charge in [-0.15, -0.1) is 0 Å². The fourth-order valence-electron chi connectivity index (χ4n) is 3.45. The van der Waals surface area contributed by atoms with Gasteiger partial charge in [-0.3, -0.25) is 4.79 Å². The number of rotatable bonds is 3. The normalized spacial score (nSPS) is 17.3. The van der Waals surface area contributed by atoms with Gasteiger partial charge in [0.2, 0.25) is 0 Å². The van der Waals surface area contributed by atoms with Gasteiger partial charge in [-0.1, -0.05) is 57.3 Å². The van der Waals surface area contributed by atoms with Crippen molar-refractivity contribution in [1.29, 1.82) is 0 Å².